The maximum Gasteiger partial charge on any atom is 0.277 e. The molecule has 0 atom stereocenters. The van der Waals surface area contributed by atoms with E-state index in [0.29, 0.717) is 23.8 Å². The number of aromatic nitrogens is 2. The number of aryl methyl sites for hydroxylation is 1. The molecule has 4 rings (SSSR count). The van der Waals surface area contributed by atoms with Crippen molar-refractivity contribution in [2.24, 2.45) is 0 Å². The summed E-state index contributed by atoms with van der Waals surface area (Å²) in [7, 11) is 0. The minimum absolute atomic E-state index is 0.163. The van der Waals surface area contributed by atoms with Crippen LogP contribution in [0.1, 0.15) is 21.8 Å². The van der Waals surface area contributed by atoms with Gasteiger partial charge in [-0.25, -0.2) is 4.98 Å². The molecule has 0 aliphatic heterocycles. The number of amides is 1. The summed E-state index contributed by atoms with van der Waals surface area (Å²) in [6.45, 7) is 2.28. The average Bonchev–Trinajstić information content (AvgIpc) is 3.18. The highest BCUT2D eigenvalue weighted by molar-refractivity contribution is 6.04. The van der Waals surface area contributed by atoms with Gasteiger partial charge in [0.25, 0.3) is 5.91 Å². The molecular weight excluding hydrogens is 364 g/mol. The Balaban J connectivity index is 1.56. The lowest BCUT2D eigenvalue weighted by Crippen LogP contribution is -2.31. The molecule has 6 heteroatoms. The summed E-state index contributed by atoms with van der Waals surface area (Å²) >= 11 is 0. The predicted molar refractivity (Wildman–Crippen MR) is 112 cm³/mol. The summed E-state index contributed by atoms with van der Waals surface area (Å²) in [4.78, 5) is 19.3. The van der Waals surface area contributed by atoms with Crippen molar-refractivity contribution in [3.8, 4) is 0 Å². The first kappa shape index (κ1) is 18.4. The zero-order valence-corrected chi connectivity index (χ0v) is 15.9. The number of benzene rings is 2. The third-order valence-electron chi connectivity index (χ3n) is 4.38. The van der Waals surface area contributed by atoms with Gasteiger partial charge in [0, 0.05) is 11.8 Å². The minimum Gasteiger partial charge on any atom is -0.360 e. The van der Waals surface area contributed by atoms with Crippen LogP contribution in [0.15, 0.2) is 89.6 Å². The van der Waals surface area contributed by atoms with Crippen LogP contribution in [0.2, 0.25) is 0 Å². The standard InChI is InChI=1S/C23H20N4O2/c1-17-14-22(26-29-17)25-19-12-13-21(24-15-19)23(28)27(20-10-6-3-7-11-20)16-18-8-4-2-5-9-18/h2-15H,16H2,1H3,(H,25,26). The van der Waals surface area contributed by atoms with Crippen LogP contribution in [-0.2, 0) is 6.54 Å². The molecule has 144 valence electrons. The lowest BCUT2D eigenvalue weighted by atomic mass is 10.1. The topological polar surface area (TPSA) is 71.3 Å². The van der Waals surface area contributed by atoms with Crippen LogP contribution in [0.4, 0.5) is 17.2 Å². The van der Waals surface area contributed by atoms with Gasteiger partial charge in [0.15, 0.2) is 5.82 Å². The Hall–Kier alpha value is -3.93. The van der Waals surface area contributed by atoms with Crippen LogP contribution in [0, 0.1) is 6.92 Å². The summed E-state index contributed by atoms with van der Waals surface area (Å²) in [5, 5.41) is 6.99. The van der Waals surface area contributed by atoms with Crippen molar-refractivity contribution >= 4 is 23.1 Å². The monoisotopic (exact) mass is 384 g/mol. The Morgan fingerprint density at radius 2 is 1.72 bits per heavy atom. The second kappa shape index (κ2) is 8.39. The molecule has 0 spiro atoms. The van der Waals surface area contributed by atoms with Gasteiger partial charge in [0.05, 0.1) is 18.4 Å². The lowest BCUT2D eigenvalue weighted by Gasteiger charge is -2.23. The number of anilines is 3. The third-order valence-corrected chi connectivity index (χ3v) is 4.38. The van der Waals surface area contributed by atoms with Gasteiger partial charge >= 0.3 is 0 Å². The largest absolute Gasteiger partial charge is 0.360 e. The van der Waals surface area contributed by atoms with Crippen molar-refractivity contribution in [3.05, 3.63) is 102 Å². The molecule has 0 fully saturated rings. The molecule has 2 aromatic carbocycles. The molecule has 0 aliphatic carbocycles. The Kier molecular flexibility index (Phi) is 5.33. The van der Waals surface area contributed by atoms with Crippen LogP contribution in [0.5, 0.6) is 0 Å². The summed E-state index contributed by atoms with van der Waals surface area (Å²) < 4.78 is 5.04. The maximum atomic E-state index is 13.2. The number of rotatable bonds is 6. The van der Waals surface area contributed by atoms with E-state index in [9.17, 15) is 4.79 Å². The first-order valence-corrected chi connectivity index (χ1v) is 9.26. The predicted octanol–water partition coefficient (Wildman–Crippen LogP) is 4.97. The van der Waals surface area contributed by atoms with Crippen molar-refractivity contribution in [2.45, 2.75) is 13.5 Å². The maximum absolute atomic E-state index is 13.2. The van der Waals surface area contributed by atoms with E-state index in [1.807, 2.05) is 67.6 Å². The number of hydrogen-bond donors (Lipinski definition) is 1. The van der Waals surface area contributed by atoms with Crippen LogP contribution in [-0.4, -0.2) is 16.0 Å². The Morgan fingerprint density at radius 1 is 1.00 bits per heavy atom. The molecule has 0 aliphatic rings. The lowest BCUT2D eigenvalue weighted by molar-refractivity contribution is 0.0980. The quantitative estimate of drug-likeness (QED) is 0.508. The van der Waals surface area contributed by atoms with Crippen molar-refractivity contribution in [1.29, 1.82) is 0 Å². The van der Waals surface area contributed by atoms with Crippen LogP contribution in [0.3, 0.4) is 0 Å². The number of carbonyl (C=O) groups excluding carboxylic acids is 1. The zero-order valence-electron chi connectivity index (χ0n) is 15.9. The van der Waals surface area contributed by atoms with E-state index in [2.05, 4.69) is 15.5 Å². The second-order valence-corrected chi connectivity index (χ2v) is 6.59. The summed E-state index contributed by atoms with van der Waals surface area (Å²) in [6.07, 6.45) is 1.61. The normalized spacial score (nSPS) is 10.5. The number of hydrogen-bond acceptors (Lipinski definition) is 5. The summed E-state index contributed by atoms with van der Waals surface area (Å²) in [6, 6.07) is 24.8. The van der Waals surface area contributed by atoms with Crippen molar-refractivity contribution in [2.75, 3.05) is 10.2 Å². The summed E-state index contributed by atoms with van der Waals surface area (Å²) in [5.74, 6) is 1.15. The van der Waals surface area contributed by atoms with Gasteiger partial charge in [-0.3, -0.25) is 4.79 Å². The molecule has 1 amide bonds. The highest BCUT2D eigenvalue weighted by Crippen LogP contribution is 2.21. The number of nitrogens with one attached hydrogen (secondary N) is 1. The van der Waals surface area contributed by atoms with E-state index in [0.717, 1.165) is 16.9 Å². The molecule has 0 radical (unpaired) electrons. The van der Waals surface area contributed by atoms with Gasteiger partial charge in [0.1, 0.15) is 11.5 Å². The average molecular weight is 384 g/mol. The van der Waals surface area contributed by atoms with Crippen molar-refractivity contribution < 1.29 is 9.32 Å². The molecule has 0 saturated heterocycles. The zero-order chi connectivity index (χ0) is 20.1. The molecule has 2 aromatic heterocycles. The molecule has 29 heavy (non-hydrogen) atoms. The van der Waals surface area contributed by atoms with Gasteiger partial charge < -0.3 is 14.7 Å². The molecule has 1 N–H and O–H groups in total. The smallest absolute Gasteiger partial charge is 0.277 e. The van der Waals surface area contributed by atoms with E-state index >= 15 is 0 Å². The number of para-hydroxylation sites is 1. The van der Waals surface area contributed by atoms with Crippen LogP contribution in [0.25, 0.3) is 0 Å². The first-order valence-electron chi connectivity index (χ1n) is 9.26. The number of nitrogens with zero attached hydrogens (tertiary/aromatic N) is 3. The molecule has 0 saturated carbocycles. The van der Waals surface area contributed by atoms with Gasteiger partial charge in [-0.05, 0) is 36.8 Å². The van der Waals surface area contributed by atoms with Crippen molar-refractivity contribution in [3.63, 3.8) is 0 Å². The minimum atomic E-state index is -0.163. The Labute approximate surface area is 168 Å². The van der Waals surface area contributed by atoms with E-state index in [1.54, 1.807) is 29.3 Å². The van der Waals surface area contributed by atoms with Crippen LogP contribution >= 0.6 is 0 Å². The number of carbonyl (C=O) groups is 1. The first-order chi connectivity index (χ1) is 14.2. The highest BCUT2D eigenvalue weighted by Gasteiger charge is 2.19. The molecule has 6 nitrogen and oxygen atoms in total. The molecule has 2 heterocycles. The van der Waals surface area contributed by atoms with E-state index in [4.69, 9.17) is 4.52 Å². The highest BCUT2D eigenvalue weighted by atomic mass is 16.5. The van der Waals surface area contributed by atoms with Crippen LogP contribution < -0.4 is 10.2 Å². The SMILES string of the molecule is Cc1cc(Nc2ccc(C(=O)N(Cc3ccccc3)c3ccccc3)nc2)no1. The Morgan fingerprint density at radius 3 is 2.34 bits per heavy atom. The molecule has 4 aromatic rings. The number of pyridine rings is 1. The van der Waals surface area contributed by atoms with E-state index in [-0.39, 0.29) is 5.91 Å². The third kappa shape index (κ3) is 4.50. The Bertz CT molecular complexity index is 1080. The van der Waals surface area contributed by atoms with E-state index in [1.165, 1.54) is 0 Å². The van der Waals surface area contributed by atoms with Gasteiger partial charge in [-0.1, -0.05) is 53.7 Å². The van der Waals surface area contributed by atoms with Gasteiger partial charge in [0.2, 0.25) is 0 Å². The fraction of sp³-hybridized carbons (Fsp3) is 0.0870. The van der Waals surface area contributed by atoms with Gasteiger partial charge in [-0.2, -0.15) is 0 Å². The van der Waals surface area contributed by atoms with Crippen molar-refractivity contribution in [1.82, 2.24) is 10.1 Å². The fourth-order valence-corrected chi connectivity index (χ4v) is 2.96. The molecular formula is C23H20N4O2. The fourth-order valence-electron chi connectivity index (χ4n) is 2.96. The second-order valence-electron chi connectivity index (χ2n) is 6.59. The van der Waals surface area contributed by atoms with E-state index < -0.39 is 0 Å². The molecule has 0 unspecified atom stereocenters. The summed E-state index contributed by atoms with van der Waals surface area (Å²) in [5.41, 5.74) is 2.96. The van der Waals surface area contributed by atoms with Gasteiger partial charge in [-0.15, -0.1) is 0 Å². The molecule has 0 bridgehead atoms.